The first-order valence-electron chi connectivity index (χ1n) is 9.87. The van der Waals surface area contributed by atoms with Crippen molar-refractivity contribution in [2.45, 2.75) is 39.2 Å². The number of rotatable bonds is 6. The molecule has 1 N–H and O–H groups in total. The van der Waals surface area contributed by atoms with E-state index in [-0.39, 0.29) is 17.2 Å². The van der Waals surface area contributed by atoms with Crippen LogP contribution in [0.15, 0.2) is 53.6 Å². The third-order valence-corrected chi connectivity index (χ3v) is 6.58. The van der Waals surface area contributed by atoms with Gasteiger partial charge in [0.15, 0.2) is 0 Å². The molecule has 2 fully saturated rings. The fourth-order valence-corrected chi connectivity index (χ4v) is 4.74. The fraction of sp³-hybridized carbons (Fsp3) is 0.391. The number of amides is 1. The van der Waals surface area contributed by atoms with Crippen molar-refractivity contribution >= 4 is 23.7 Å². The fourth-order valence-electron chi connectivity index (χ4n) is 4.55. The van der Waals surface area contributed by atoms with Crippen LogP contribution >= 0.6 is 11.6 Å². The van der Waals surface area contributed by atoms with E-state index < -0.39 is 0 Å². The quantitative estimate of drug-likeness (QED) is 0.539. The van der Waals surface area contributed by atoms with Crippen LogP contribution in [0.25, 0.3) is 0 Å². The third kappa shape index (κ3) is 3.93. The Morgan fingerprint density at radius 1 is 1.29 bits per heavy atom. The molecule has 0 saturated heterocycles. The third-order valence-electron chi connectivity index (χ3n) is 6.21. The number of hydrogen-bond acceptors (Lipinski definition) is 3. The SMILES string of the molecule is C[C@]12CCCC[C@@H]1[C@@H]2C(=O)N/N=C\c1cccc(OCc2ccccc2Cl)c1. The number of fused-ring (bicyclic) bond motifs is 1. The van der Waals surface area contributed by atoms with Gasteiger partial charge in [-0.15, -0.1) is 0 Å². The second-order valence-electron chi connectivity index (χ2n) is 8.02. The molecule has 1 amide bonds. The Morgan fingerprint density at radius 2 is 2.14 bits per heavy atom. The molecule has 2 aliphatic carbocycles. The Labute approximate surface area is 170 Å². The van der Waals surface area contributed by atoms with E-state index in [0.717, 1.165) is 23.3 Å². The van der Waals surface area contributed by atoms with Crippen LogP contribution in [0, 0.1) is 17.3 Å². The Kier molecular flexibility index (Phi) is 5.40. The maximum Gasteiger partial charge on any atom is 0.244 e. The van der Waals surface area contributed by atoms with Crippen molar-refractivity contribution in [3.63, 3.8) is 0 Å². The van der Waals surface area contributed by atoms with Crippen molar-refractivity contribution in [3.8, 4) is 5.75 Å². The van der Waals surface area contributed by atoms with Crippen molar-refractivity contribution in [1.29, 1.82) is 0 Å². The van der Waals surface area contributed by atoms with Gasteiger partial charge in [-0.05, 0) is 47.9 Å². The van der Waals surface area contributed by atoms with E-state index in [0.29, 0.717) is 17.5 Å². The van der Waals surface area contributed by atoms with Crippen LogP contribution in [0.5, 0.6) is 5.75 Å². The summed E-state index contributed by atoms with van der Waals surface area (Å²) in [6, 6.07) is 15.2. The van der Waals surface area contributed by atoms with Crippen LogP contribution in [-0.4, -0.2) is 12.1 Å². The number of hydrazone groups is 1. The van der Waals surface area contributed by atoms with E-state index in [1.807, 2.05) is 48.5 Å². The van der Waals surface area contributed by atoms with Gasteiger partial charge in [-0.2, -0.15) is 5.10 Å². The molecule has 2 aliphatic rings. The topological polar surface area (TPSA) is 50.7 Å². The van der Waals surface area contributed by atoms with Crippen LogP contribution < -0.4 is 10.2 Å². The van der Waals surface area contributed by atoms with E-state index in [9.17, 15) is 4.79 Å². The Morgan fingerprint density at radius 3 is 2.93 bits per heavy atom. The first-order chi connectivity index (χ1) is 13.6. The second kappa shape index (κ2) is 7.96. The Bertz CT molecular complexity index is 898. The molecule has 2 aromatic rings. The van der Waals surface area contributed by atoms with Crippen molar-refractivity contribution < 1.29 is 9.53 Å². The predicted molar refractivity (Wildman–Crippen MR) is 112 cm³/mol. The molecule has 0 spiro atoms. The Hall–Kier alpha value is -2.33. The molecule has 0 unspecified atom stereocenters. The predicted octanol–water partition coefficient (Wildman–Crippen LogP) is 5.20. The molecule has 0 radical (unpaired) electrons. The standard InChI is InChI=1S/C23H25ClN2O2/c1-23-12-5-4-10-19(23)21(23)22(27)26-25-14-16-7-6-9-18(13-16)28-15-17-8-2-3-11-20(17)24/h2-3,6-9,11,13-14,19,21H,4-5,10,12,15H2,1H3,(H,26,27)/b25-14-/t19-,21-,23+/m1/s1. The average Bonchev–Trinajstić information content (AvgIpc) is 3.33. The van der Waals surface area contributed by atoms with Crippen LogP contribution in [0.1, 0.15) is 43.7 Å². The van der Waals surface area contributed by atoms with Gasteiger partial charge in [-0.1, -0.05) is 61.7 Å². The average molecular weight is 397 g/mol. The van der Waals surface area contributed by atoms with Gasteiger partial charge >= 0.3 is 0 Å². The van der Waals surface area contributed by atoms with Gasteiger partial charge in [-0.3, -0.25) is 4.79 Å². The monoisotopic (exact) mass is 396 g/mol. The van der Waals surface area contributed by atoms with Crippen molar-refractivity contribution in [2.24, 2.45) is 22.4 Å². The molecule has 2 saturated carbocycles. The van der Waals surface area contributed by atoms with Gasteiger partial charge < -0.3 is 4.74 Å². The first kappa shape index (κ1) is 19.0. The number of nitrogens with zero attached hydrogens (tertiary/aromatic N) is 1. The normalized spacial score (nSPS) is 25.9. The van der Waals surface area contributed by atoms with Crippen LogP contribution in [-0.2, 0) is 11.4 Å². The summed E-state index contributed by atoms with van der Waals surface area (Å²) < 4.78 is 5.83. The number of carbonyl (C=O) groups is 1. The number of hydrogen-bond donors (Lipinski definition) is 1. The molecule has 0 aliphatic heterocycles. The number of benzene rings is 2. The molecule has 2 aromatic carbocycles. The summed E-state index contributed by atoms with van der Waals surface area (Å²) in [5.41, 5.74) is 4.74. The highest BCUT2D eigenvalue weighted by atomic mass is 35.5. The summed E-state index contributed by atoms with van der Waals surface area (Å²) in [5, 5.41) is 4.86. The summed E-state index contributed by atoms with van der Waals surface area (Å²) in [7, 11) is 0. The zero-order chi connectivity index (χ0) is 19.6. The maximum absolute atomic E-state index is 12.5. The van der Waals surface area contributed by atoms with Gasteiger partial charge in [0.25, 0.3) is 0 Å². The summed E-state index contributed by atoms with van der Waals surface area (Å²) in [5.74, 6) is 1.45. The number of ether oxygens (including phenoxy) is 1. The zero-order valence-electron chi connectivity index (χ0n) is 16.0. The van der Waals surface area contributed by atoms with Gasteiger partial charge in [0.2, 0.25) is 5.91 Å². The van der Waals surface area contributed by atoms with Gasteiger partial charge in [0, 0.05) is 16.5 Å². The minimum absolute atomic E-state index is 0.0526. The maximum atomic E-state index is 12.5. The highest BCUT2D eigenvalue weighted by Crippen LogP contribution is 2.66. The molecule has 5 heteroatoms. The number of carbonyl (C=O) groups excluding carboxylic acids is 1. The van der Waals surface area contributed by atoms with Crippen LogP contribution in [0.2, 0.25) is 5.02 Å². The van der Waals surface area contributed by atoms with E-state index in [4.69, 9.17) is 16.3 Å². The molecule has 3 atom stereocenters. The summed E-state index contributed by atoms with van der Waals surface area (Å²) >= 11 is 6.16. The van der Waals surface area contributed by atoms with E-state index in [1.54, 1.807) is 6.21 Å². The highest BCUT2D eigenvalue weighted by Gasteiger charge is 2.64. The summed E-state index contributed by atoms with van der Waals surface area (Å²) in [4.78, 5) is 12.5. The molecule has 28 heavy (non-hydrogen) atoms. The highest BCUT2D eigenvalue weighted by molar-refractivity contribution is 6.31. The largest absolute Gasteiger partial charge is 0.489 e. The molecule has 0 heterocycles. The molecule has 4 rings (SSSR count). The molecule has 0 aromatic heterocycles. The van der Waals surface area contributed by atoms with Crippen molar-refractivity contribution in [2.75, 3.05) is 0 Å². The van der Waals surface area contributed by atoms with E-state index in [1.165, 1.54) is 19.3 Å². The van der Waals surface area contributed by atoms with Crippen LogP contribution in [0.3, 0.4) is 0 Å². The summed E-state index contributed by atoms with van der Waals surface area (Å²) in [6.45, 7) is 2.64. The molecular formula is C23H25ClN2O2. The number of nitrogens with one attached hydrogen (secondary N) is 1. The summed E-state index contributed by atoms with van der Waals surface area (Å²) in [6.07, 6.45) is 6.47. The van der Waals surface area contributed by atoms with Gasteiger partial charge in [0.1, 0.15) is 12.4 Å². The van der Waals surface area contributed by atoms with Gasteiger partial charge in [-0.25, -0.2) is 5.43 Å². The minimum atomic E-state index is 0.0526. The van der Waals surface area contributed by atoms with Crippen molar-refractivity contribution in [1.82, 2.24) is 5.43 Å². The van der Waals surface area contributed by atoms with Crippen molar-refractivity contribution in [3.05, 3.63) is 64.7 Å². The molecule has 0 bridgehead atoms. The van der Waals surface area contributed by atoms with Crippen LogP contribution in [0.4, 0.5) is 0 Å². The van der Waals surface area contributed by atoms with E-state index in [2.05, 4.69) is 17.5 Å². The molecule has 4 nitrogen and oxygen atoms in total. The minimum Gasteiger partial charge on any atom is -0.489 e. The second-order valence-corrected chi connectivity index (χ2v) is 8.43. The van der Waals surface area contributed by atoms with Gasteiger partial charge in [0.05, 0.1) is 6.21 Å². The van der Waals surface area contributed by atoms with E-state index >= 15 is 0 Å². The lowest BCUT2D eigenvalue weighted by molar-refractivity contribution is -0.123. The smallest absolute Gasteiger partial charge is 0.244 e. The lowest BCUT2D eigenvalue weighted by Crippen LogP contribution is -2.22. The lowest BCUT2D eigenvalue weighted by Gasteiger charge is -2.15. The Balaban J connectivity index is 1.32. The molecule has 146 valence electrons. The zero-order valence-corrected chi connectivity index (χ0v) is 16.8. The number of halogens is 1. The molecular weight excluding hydrogens is 372 g/mol. The first-order valence-corrected chi connectivity index (χ1v) is 10.2. The lowest BCUT2D eigenvalue weighted by atomic mass is 9.90.